The molecule has 0 spiro atoms. The lowest BCUT2D eigenvalue weighted by atomic mass is 10.1. The number of hydrogen-bond donors (Lipinski definition) is 3. The van der Waals surface area contributed by atoms with E-state index in [0.717, 1.165) is 38.5 Å². The number of carbonyl (C=O) groups excluding carboxylic acids is 2. The topological polar surface area (TPSA) is 130 Å². The van der Waals surface area contributed by atoms with Crippen molar-refractivity contribution in [1.29, 1.82) is 0 Å². The second-order valence-corrected chi connectivity index (χ2v) is 7.70. The van der Waals surface area contributed by atoms with Crippen LogP contribution in [0.3, 0.4) is 0 Å². The normalized spacial score (nSPS) is 12.7. The van der Waals surface area contributed by atoms with E-state index < -0.39 is 42.4 Å². The quantitative estimate of drug-likeness (QED) is 0.208. The minimum Gasteiger partial charge on any atom is -0.481 e. The molecule has 174 valence electrons. The van der Waals surface area contributed by atoms with Gasteiger partial charge in [-0.25, -0.2) is 4.79 Å². The number of aliphatic carboxylic acids is 2. The molecular formula is C22H39NO7. The summed E-state index contributed by atoms with van der Waals surface area (Å²) in [6.07, 6.45) is 9.59. The van der Waals surface area contributed by atoms with Gasteiger partial charge in [-0.15, -0.1) is 0 Å². The number of carbonyl (C=O) groups is 4. The van der Waals surface area contributed by atoms with Crippen molar-refractivity contribution >= 4 is 23.8 Å². The Morgan fingerprint density at radius 3 is 1.87 bits per heavy atom. The van der Waals surface area contributed by atoms with E-state index in [2.05, 4.69) is 19.2 Å². The summed E-state index contributed by atoms with van der Waals surface area (Å²) >= 11 is 0. The highest BCUT2D eigenvalue weighted by molar-refractivity contribution is 5.89. The van der Waals surface area contributed by atoms with Crippen LogP contribution in [0.25, 0.3) is 0 Å². The standard InChI is InChI=1S/C22H39NO7/c1-3-5-7-9-10-11-13-15-20(26)30-18(14-12-8-6-4-2)21(27)23-17(22(28)29)16-19(24)25/h17-18H,3-16H2,1-2H3,(H,23,27)(H,24,25)(H,28,29)/t17-,18?/m1/s1. The number of rotatable bonds is 19. The number of carboxylic acid groups (broad SMARTS) is 2. The Labute approximate surface area is 179 Å². The Hall–Kier alpha value is -2.12. The number of ether oxygens (including phenoxy) is 1. The van der Waals surface area contributed by atoms with E-state index in [1.807, 2.05) is 0 Å². The van der Waals surface area contributed by atoms with Gasteiger partial charge in [0.1, 0.15) is 6.04 Å². The number of hydrogen-bond acceptors (Lipinski definition) is 5. The van der Waals surface area contributed by atoms with Crippen molar-refractivity contribution < 1.29 is 34.1 Å². The van der Waals surface area contributed by atoms with E-state index >= 15 is 0 Å². The molecule has 0 heterocycles. The van der Waals surface area contributed by atoms with Gasteiger partial charge in [0.25, 0.3) is 5.91 Å². The fraction of sp³-hybridized carbons (Fsp3) is 0.818. The average Bonchev–Trinajstić information content (AvgIpc) is 2.68. The first-order valence-electron chi connectivity index (χ1n) is 11.3. The molecule has 0 fully saturated rings. The van der Waals surface area contributed by atoms with Crippen LogP contribution in [0.1, 0.15) is 104 Å². The van der Waals surface area contributed by atoms with Crippen molar-refractivity contribution in [3.8, 4) is 0 Å². The first-order valence-corrected chi connectivity index (χ1v) is 11.3. The minimum absolute atomic E-state index is 0.212. The molecule has 3 N–H and O–H groups in total. The molecule has 0 aliphatic rings. The molecule has 1 unspecified atom stereocenters. The van der Waals surface area contributed by atoms with Crippen molar-refractivity contribution in [2.45, 2.75) is 116 Å². The molecule has 0 aliphatic heterocycles. The van der Waals surface area contributed by atoms with E-state index in [0.29, 0.717) is 12.8 Å². The zero-order chi connectivity index (χ0) is 22.8. The van der Waals surface area contributed by atoms with Crippen LogP contribution in [-0.4, -0.2) is 46.2 Å². The fourth-order valence-corrected chi connectivity index (χ4v) is 3.08. The summed E-state index contributed by atoms with van der Waals surface area (Å²) in [5, 5.41) is 20.1. The van der Waals surface area contributed by atoms with Gasteiger partial charge in [-0.2, -0.15) is 0 Å². The molecule has 1 amide bonds. The largest absolute Gasteiger partial charge is 0.481 e. The second-order valence-electron chi connectivity index (χ2n) is 7.70. The first kappa shape index (κ1) is 27.9. The Kier molecular flexibility index (Phi) is 16.5. The van der Waals surface area contributed by atoms with Crippen molar-refractivity contribution in [3.05, 3.63) is 0 Å². The highest BCUT2D eigenvalue weighted by atomic mass is 16.5. The number of unbranched alkanes of at least 4 members (excludes halogenated alkanes) is 9. The maximum atomic E-state index is 12.5. The van der Waals surface area contributed by atoms with Crippen molar-refractivity contribution in [2.24, 2.45) is 0 Å². The highest BCUT2D eigenvalue weighted by Crippen LogP contribution is 2.13. The average molecular weight is 430 g/mol. The van der Waals surface area contributed by atoms with Crippen LogP contribution in [0, 0.1) is 0 Å². The van der Waals surface area contributed by atoms with Gasteiger partial charge in [0.15, 0.2) is 6.10 Å². The second kappa shape index (κ2) is 17.7. The molecular weight excluding hydrogens is 390 g/mol. The van der Waals surface area contributed by atoms with Gasteiger partial charge in [0, 0.05) is 6.42 Å². The van der Waals surface area contributed by atoms with Gasteiger partial charge in [-0.3, -0.25) is 14.4 Å². The Morgan fingerprint density at radius 1 is 0.800 bits per heavy atom. The third-order valence-electron chi connectivity index (χ3n) is 4.86. The molecule has 0 aliphatic carbocycles. The van der Waals surface area contributed by atoms with Crippen LogP contribution in [0.4, 0.5) is 0 Å². The third-order valence-corrected chi connectivity index (χ3v) is 4.86. The molecule has 8 nitrogen and oxygen atoms in total. The molecule has 0 rings (SSSR count). The van der Waals surface area contributed by atoms with Crippen LogP contribution in [0.15, 0.2) is 0 Å². The van der Waals surface area contributed by atoms with E-state index in [-0.39, 0.29) is 12.8 Å². The lowest BCUT2D eigenvalue weighted by Crippen LogP contribution is -2.47. The zero-order valence-corrected chi connectivity index (χ0v) is 18.5. The molecule has 2 atom stereocenters. The monoisotopic (exact) mass is 429 g/mol. The van der Waals surface area contributed by atoms with Crippen LogP contribution < -0.4 is 5.32 Å². The van der Waals surface area contributed by atoms with Crippen molar-refractivity contribution in [3.63, 3.8) is 0 Å². The summed E-state index contributed by atoms with van der Waals surface area (Å²) in [5.41, 5.74) is 0. The molecule has 30 heavy (non-hydrogen) atoms. The Bertz CT molecular complexity index is 522. The number of nitrogens with one attached hydrogen (secondary N) is 1. The Balaban J connectivity index is 4.62. The smallest absolute Gasteiger partial charge is 0.326 e. The van der Waals surface area contributed by atoms with Crippen molar-refractivity contribution in [2.75, 3.05) is 0 Å². The van der Waals surface area contributed by atoms with E-state index in [1.54, 1.807) is 0 Å². The Morgan fingerprint density at radius 2 is 1.33 bits per heavy atom. The van der Waals surface area contributed by atoms with Gasteiger partial charge in [0.05, 0.1) is 6.42 Å². The predicted octanol–water partition coefficient (Wildman–Crippen LogP) is 4.05. The summed E-state index contributed by atoms with van der Waals surface area (Å²) < 4.78 is 5.33. The van der Waals surface area contributed by atoms with Crippen LogP contribution in [0.5, 0.6) is 0 Å². The van der Waals surface area contributed by atoms with Crippen LogP contribution >= 0.6 is 0 Å². The number of carboxylic acids is 2. The zero-order valence-electron chi connectivity index (χ0n) is 18.5. The molecule has 8 heteroatoms. The molecule has 0 radical (unpaired) electrons. The SMILES string of the molecule is CCCCCCCCCC(=O)OC(CCCCCC)C(=O)N[C@H](CC(=O)O)C(=O)O. The maximum Gasteiger partial charge on any atom is 0.326 e. The highest BCUT2D eigenvalue weighted by Gasteiger charge is 2.29. The lowest BCUT2D eigenvalue weighted by Gasteiger charge is -2.20. The van der Waals surface area contributed by atoms with Crippen molar-refractivity contribution in [1.82, 2.24) is 5.32 Å². The summed E-state index contributed by atoms with van der Waals surface area (Å²) in [4.78, 5) is 46.7. The minimum atomic E-state index is -1.56. The lowest BCUT2D eigenvalue weighted by molar-refractivity contribution is -0.158. The summed E-state index contributed by atoms with van der Waals surface area (Å²) in [7, 11) is 0. The van der Waals surface area contributed by atoms with Gasteiger partial charge in [0.2, 0.25) is 0 Å². The summed E-state index contributed by atoms with van der Waals surface area (Å²) in [5.74, 6) is -4.01. The molecule has 0 aromatic rings. The molecule has 0 saturated heterocycles. The van der Waals surface area contributed by atoms with E-state index in [9.17, 15) is 19.2 Å². The number of esters is 1. The molecule has 0 bridgehead atoms. The van der Waals surface area contributed by atoms with E-state index in [1.165, 1.54) is 19.3 Å². The van der Waals surface area contributed by atoms with Crippen LogP contribution in [0.2, 0.25) is 0 Å². The first-order chi connectivity index (χ1) is 14.3. The van der Waals surface area contributed by atoms with Gasteiger partial charge < -0.3 is 20.3 Å². The van der Waals surface area contributed by atoms with Gasteiger partial charge in [-0.05, 0) is 19.3 Å². The summed E-state index contributed by atoms with van der Waals surface area (Å²) in [6.45, 7) is 4.21. The third kappa shape index (κ3) is 14.8. The van der Waals surface area contributed by atoms with Gasteiger partial charge >= 0.3 is 17.9 Å². The molecule has 0 saturated carbocycles. The van der Waals surface area contributed by atoms with Gasteiger partial charge in [-0.1, -0.05) is 71.6 Å². The molecule has 0 aromatic heterocycles. The fourth-order valence-electron chi connectivity index (χ4n) is 3.08. The summed E-state index contributed by atoms with van der Waals surface area (Å²) in [6, 6.07) is -1.56. The van der Waals surface area contributed by atoms with Crippen LogP contribution in [-0.2, 0) is 23.9 Å². The van der Waals surface area contributed by atoms with E-state index in [4.69, 9.17) is 14.9 Å². The maximum absolute atomic E-state index is 12.5. The number of amides is 1. The predicted molar refractivity (Wildman–Crippen MR) is 113 cm³/mol. The molecule has 0 aromatic carbocycles.